The van der Waals surface area contributed by atoms with Crippen LogP contribution >= 0.6 is 0 Å². The number of amides is 1. The molecule has 0 unspecified atom stereocenters. The number of fused-ring (bicyclic) bond motifs is 1. The number of para-hydroxylation sites is 1. The van der Waals surface area contributed by atoms with E-state index in [1.54, 1.807) is 42.2 Å². The average molecular weight is 532 g/mol. The molecule has 0 saturated heterocycles. The fourth-order valence-electron chi connectivity index (χ4n) is 4.62. The Kier molecular flexibility index (Phi) is 8.30. The topological polar surface area (TPSA) is 108 Å². The molecule has 3 atom stereocenters. The van der Waals surface area contributed by atoms with Crippen molar-refractivity contribution in [3.63, 3.8) is 0 Å². The number of nitrogens with one attached hydrogen (secondary N) is 1. The van der Waals surface area contributed by atoms with Crippen molar-refractivity contribution in [1.82, 2.24) is 9.80 Å². The molecule has 1 heterocycles. The van der Waals surface area contributed by atoms with Crippen LogP contribution in [0.4, 0.5) is 5.69 Å². The summed E-state index contributed by atoms with van der Waals surface area (Å²) in [4.78, 5) is 17.6. The van der Waals surface area contributed by atoms with E-state index in [-0.39, 0.29) is 46.4 Å². The van der Waals surface area contributed by atoms with E-state index in [1.807, 2.05) is 6.92 Å². The summed E-state index contributed by atoms with van der Waals surface area (Å²) in [6.07, 6.45) is 2.18. The van der Waals surface area contributed by atoms with Crippen LogP contribution in [0.5, 0.6) is 11.5 Å². The molecule has 202 valence electrons. The second kappa shape index (κ2) is 11.3. The number of likely N-dealkylation sites (N-methyl/N-ethyl adjacent to an activating group) is 1. The summed E-state index contributed by atoms with van der Waals surface area (Å²) in [5.74, 6) is 1.09. The lowest BCUT2D eigenvalue weighted by Gasteiger charge is -2.38. The van der Waals surface area contributed by atoms with Crippen molar-refractivity contribution in [3.05, 3.63) is 48.0 Å². The second-order valence-corrected chi connectivity index (χ2v) is 11.9. The molecule has 1 aliphatic carbocycles. The molecule has 0 aromatic heterocycles. The van der Waals surface area contributed by atoms with Crippen molar-refractivity contribution >= 4 is 21.6 Å². The summed E-state index contributed by atoms with van der Waals surface area (Å²) in [5.41, 5.74) is 0.458. The van der Waals surface area contributed by atoms with Crippen LogP contribution in [0.25, 0.3) is 0 Å². The van der Waals surface area contributed by atoms with Crippen LogP contribution < -0.4 is 14.2 Å². The third-order valence-corrected chi connectivity index (χ3v) is 8.45. The molecule has 2 N–H and O–H groups in total. The van der Waals surface area contributed by atoms with Crippen molar-refractivity contribution < 1.29 is 27.8 Å². The Hall–Kier alpha value is -2.82. The molecular weight excluding hydrogens is 494 g/mol. The van der Waals surface area contributed by atoms with E-state index in [2.05, 4.69) is 16.7 Å². The number of hydrogen-bond acceptors (Lipinski definition) is 7. The number of aliphatic hydroxyl groups is 1. The highest BCUT2D eigenvalue weighted by Gasteiger charge is 2.35. The summed E-state index contributed by atoms with van der Waals surface area (Å²) in [6, 6.07) is 10.5. The van der Waals surface area contributed by atoms with Gasteiger partial charge in [0.1, 0.15) is 11.9 Å². The lowest BCUT2D eigenvalue weighted by atomic mass is 9.99. The predicted octanol–water partition coefficient (Wildman–Crippen LogP) is 3.06. The number of sulfonamides is 1. The summed E-state index contributed by atoms with van der Waals surface area (Å²) in [6.45, 7) is 5.67. The Bertz CT molecular complexity index is 1200. The van der Waals surface area contributed by atoms with Crippen LogP contribution in [-0.4, -0.2) is 81.8 Å². The van der Waals surface area contributed by atoms with E-state index in [0.717, 1.165) is 6.54 Å². The van der Waals surface area contributed by atoms with Gasteiger partial charge >= 0.3 is 0 Å². The number of carbonyl (C=O) groups is 1. The van der Waals surface area contributed by atoms with Crippen LogP contribution in [-0.2, 0) is 10.0 Å². The third-order valence-electron chi connectivity index (χ3n) is 7.06. The van der Waals surface area contributed by atoms with Crippen molar-refractivity contribution in [2.45, 2.75) is 43.7 Å². The summed E-state index contributed by atoms with van der Waals surface area (Å²) >= 11 is 0. The molecule has 37 heavy (non-hydrogen) atoms. The fourth-order valence-corrected chi connectivity index (χ4v) is 5.69. The van der Waals surface area contributed by atoms with Crippen molar-refractivity contribution in [2.75, 3.05) is 45.1 Å². The maximum absolute atomic E-state index is 13.6. The van der Waals surface area contributed by atoms with E-state index in [9.17, 15) is 18.3 Å². The first kappa shape index (κ1) is 27.2. The largest absolute Gasteiger partial charge is 0.497 e. The van der Waals surface area contributed by atoms with Crippen LogP contribution in [0.3, 0.4) is 0 Å². The van der Waals surface area contributed by atoms with Gasteiger partial charge in [-0.2, -0.15) is 0 Å². The zero-order valence-corrected chi connectivity index (χ0v) is 22.7. The SMILES string of the molecule is COc1ccc(S(=O)(=O)Nc2cccc3c2O[C@H](CN(C)CC2CC2)[C@H](C)CN([C@@H](C)CO)C3=O)cc1. The predicted molar refractivity (Wildman–Crippen MR) is 142 cm³/mol. The highest BCUT2D eigenvalue weighted by molar-refractivity contribution is 7.92. The third kappa shape index (κ3) is 6.37. The minimum atomic E-state index is -3.97. The first-order valence-electron chi connectivity index (χ1n) is 12.7. The van der Waals surface area contributed by atoms with Crippen molar-refractivity contribution in [2.24, 2.45) is 11.8 Å². The van der Waals surface area contributed by atoms with E-state index < -0.39 is 16.1 Å². The zero-order valence-electron chi connectivity index (χ0n) is 21.9. The van der Waals surface area contributed by atoms with Gasteiger partial charge in [-0.05, 0) is 69.1 Å². The lowest BCUT2D eigenvalue weighted by molar-refractivity contribution is 0.0346. The Morgan fingerprint density at radius 2 is 1.89 bits per heavy atom. The molecule has 1 saturated carbocycles. The van der Waals surface area contributed by atoms with E-state index in [1.165, 1.54) is 32.1 Å². The molecule has 4 rings (SSSR count). The van der Waals surface area contributed by atoms with E-state index in [4.69, 9.17) is 9.47 Å². The minimum absolute atomic E-state index is 0.0565. The van der Waals surface area contributed by atoms with Gasteiger partial charge in [0, 0.05) is 25.6 Å². The van der Waals surface area contributed by atoms with Gasteiger partial charge in [0.25, 0.3) is 15.9 Å². The Labute approximate surface area is 219 Å². The van der Waals surface area contributed by atoms with Crippen molar-refractivity contribution in [3.8, 4) is 11.5 Å². The van der Waals surface area contributed by atoms with Gasteiger partial charge in [-0.1, -0.05) is 13.0 Å². The van der Waals surface area contributed by atoms with Crippen LogP contribution in [0.1, 0.15) is 37.0 Å². The maximum atomic E-state index is 13.6. The standard InChI is InChI=1S/C27H37N3O6S/c1-18-14-30(19(2)17-31)27(32)23-6-5-7-24(26(23)36-25(18)16-29(3)15-20-8-9-20)28-37(33,34)22-12-10-21(35-4)11-13-22/h5-7,10-13,18-20,25,28,31H,8-9,14-17H2,1-4H3/t18-,19+,25-/m1/s1. The Morgan fingerprint density at radius 1 is 1.19 bits per heavy atom. The number of methoxy groups -OCH3 is 1. The number of rotatable bonds is 10. The van der Waals surface area contributed by atoms with Crippen LogP contribution in [0.15, 0.2) is 47.4 Å². The number of ether oxygens (including phenoxy) is 2. The summed E-state index contributed by atoms with van der Waals surface area (Å²) in [7, 11) is -0.394. The van der Waals surface area contributed by atoms with Crippen LogP contribution in [0.2, 0.25) is 0 Å². The Balaban J connectivity index is 1.71. The van der Waals surface area contributed by atoms with Gasteiger partial charge in [-0.3, -0.25) is 9.52 Å². The van der Waals surface area contributed by atoms with Gasteiger partial charge in [0.15, 0.2) is 5.75 Å². The number of hydrogen-bond donors (Lipinski definition) is 2. The van der Waals surface area contributed by atoms with Crippen LogP contribution in [0, 0.1) is 11.8 Å². The number of anilines is 1. The molecule has 2 aliphatic rings. The highest BCUT2D eigenvalue weighted by atomic mass is 32.2. The minimum Gasteiger partial charge on any atom is -0.497 e. The monoisotopic (exact) mass is 531 g/mol. The van der Waals surface area contributed by atoms with Gasteiger partial charge in [-0.15, -0.1) is 0 Å². The van der Waals surface area contributed by atoms with Gasteiger partial charge in [0.2, 0.25) is 0 Å². The molecule has 1 aliphatic heterocycles. The molecule has 1 fully saturated rings. The summed E-state index contributed by atoms with van der Waals surface area (Å²) < 4.78 is 40.8. The molecule has 2 aromatic carbocycles. The van der Waals surface area contributed by atoms with E-state index in [0.29, 0.717) is 24.8 Å². The van der Waals surface area contributed by atoms with Gasteiger partial charge in [-0.25, -0.2) is 8.42 Å². The molecular formula is C27H37N3O6S. The van der Waals surface area contributed by atoms with Gasteiger partial charge < -0.3 is 24.4 Å². The normalized spacial score (nSPS) is 21.0. The zero-order chi connectivity index (χ0) is 26.7. The smallest absolute Gasteiger partial charge is 0.262 e. The molecule has 0 spiro atoms. The molecule has 0 bridgehead atoms. The first-order valence-corrected chi connectivity index (χ1v) is 14.2. The lowest BCUT2D eigenvalue weighted by Crippen LogP contribution is -2.50. The number of benzene rings is 2. The average Bonchev–Trinajstić information content (AvgIpc) is 3.69. The molecule has 9 nitrogen and oxygen atoms in total. The number of nitrogens with zero attached hydrogens (tertiary/aromatic N) is 2. The molecule has 10 heteroatoms. The highest BCUT2D eigenvalue weighted by Crippen LogP contribution is 2.36. The van der Waals surface area contributed by atoms with E-state index >= 15 is 0 Å². The van der Waals surface area contributed by atoms with Gasteiger partial charge in [0.05, 0.1) is 35.9 Å². The molecule has 1 amide bonds. The first-order chi connectivity index (χ1) is 17.6. The fraction of sp³-hybridized carbons (Fsp3) is 0.519. The van der Waals surface area contributed by atoms with Crippen molar-refractivity contribution in [1.29, 1.82) is 0 Å². The summed E-state index contributed by atoms with van der Waals surface area (Å²) in [5, 5.41) is 9.86. The molecule has 2 aromatic rings. The Morgan fingerprint density at radius 3 is 2.51 bits per heavy atom. The number of carbonyl (C=O) groups excluding carboxylic acids is 1. The molecule has 0 radical (unpaired) electrons. The number of aliphatic hydroxyl groups excluding tert-OH is 1. The quantitative estimate of drug-likeness (QED) is 0.485. The second-order valence-electron chi connectivity index (χ2n) is 10.3. The maximum Gasteiger partial charge on any atom is 0.262 e.